The van der Waals surface area contributed by atoms with Gasteiger partial charge in [0.25, 0.3) is 5.91 Å². The predicted molar refractivity (Wildman–Crippen MR) is 122 cm³/mol. The fraction of sp³-hybridized carbons (Fsp3) is 0.320. The molecule has 1 atom stereocenters. The minimum atomic E-state index is -0.197. The lowest BCUT2D eigenvalue weighted by atomic mass is 9.94. The van der Waals surface area contributed by atoms with Crippen LogP contribution < -0.4 is 15.0 Å². The molecule has 0 saturated heterocycles. The van der Waals surface area contributed by atoms with Gasteiger partial charge in [-0.1, -0.05) is 42.0 Å². The number of carbonyl (C=O) groups excluding carboxylic acids is 1. The number of anilines is 1. The Morgan fingerprint density at radius 2 is 1.80 bits per heavy atom. The number of methoxy groups -OCH3 is 1. The first-order valence-electron chi connectivity index (χ1n) is 10.6. The molecule has 1 aliphatic carbocycles. The minimum absolute atomic E-state index is 0.0605. The van der Waals surface area contributed by atoms with E-state index in [4.69, 9.17) is 4.74 Å². The zero-order chi connectivity index (χ0) is 20.7. The first kappa shape index (κ1) is 19.2. The van der Waals surface area contributed by atoms with Crippen LogP contribution >= 0.6 is 11.3 Å². The van der Waals surface area contributed by atoms with Crippen molar-refractivity contribution >= 4 is 22.2 Å². The van der Waals surface area contributed by atoms with E-state index in [1.54, 1.807) is 7.11 Å². The highest BCUT2D eigenvalue weighted by atomic mass is 32.1. The number of carbonyl (C=O) groups is 1. The van der Waals surface area contributed by atoms with Crippen LogP contribution in [-0.2, 0) is 19.4 Å². The topological polar surface area (TPSA) is 41.6 Å². The van der Waals surface area contributed by atoms with Crippen LogP contribution in [-0.4, -0.2) is 13.0 Å². The van der Waals surface area contributed by atoms with Crippen molar-refractivity contribution in [1.82, 2.24) is 5.32 Å². The molecule has 1 amide bonds. The van der Waals surface area contributed by atoms with E-state index in [1.807, 2.05) is 35.6 Å². The highest BCUT2D eigenvalue weighted by Gasteiger charge is 2.37. The summed E-state index contributed by atoms with van der Waals surface area (Å²) in [6.07, 6.45) is 4.29. The summed E-state index contributed by atoms with van der Waals surface area (Å²) in [4.78, 5) is 17.0. The molecule has 2 heterocycles. The Labute approximate surface area is 181 Å². The fourth-order valence-electron chi connectivity index (χ4n) is 4.48. The van der Waals surface area contributed by atoms with Crippen LogP contribution in [0, 0.1) is 6.92 Å². The van der Waals surface area contributed by atoms with Crippen molar-refractivity contribution in [3.63, 3.8) is 0 Å². The summed E-state index contributed by atoms with van der Waals surface area (Å²) < 4.78 is 5.32. The average Bonchev–Trinajstić information content (AvgIpc) is 3.17. The first-order chi connectivity index (χ1) is 14.6. The van der Waals surface area contributed by atoms with Crippen molar-refractivity contribution in [2.24, 2.45) is 0 Å². The number of hydrogen-bond acceptors (Lipinski definition) is 4. The Kier molecular flexibility index (Phi) is 4.99. The smallest absolute Gasteiger partial charge is 0.256 e. The molecule has 5 rings (SSSR count). The van der Waals surface area contributed by atoms with E-state index >= 15 is 0 Å². The van der Waals surface area contributed by atoms with Crippen LogP contribution in [0.25, 0.3) is 0 Å². The van der Waals surface area contributed by atoms with Crippen LogP contribution in [0.1, 0.15) is 56.5 Å². The van der Waals surface area contributed by atoms with Crippen LogP contribution in [0.3, 0.4) is 0 Å². The number of hydrogen-bond donors (Lipinski definition) is 1. The Hall–Kier alpha value is -2.79. The summed E-state index contributed by atoms with van der Waals surface area (Å²) in [5, 5.41) is 4.41. The van der Waals surface area contributed by atoms with Gasteiger partial charge in [0, 0.05) is 11.4 Å². The molecule has 1 unspecified atom stereocenters. The summed E-state index contributed by atoms with van der Waals surface area (Å²) in [6, 6.07) is 16.7. The number of benzene rings is 2. The Bertz CT molecular complexity index is 1070. The molecule has 1 N–H and O–H groups in total. The standard InChI is InChI=1S/C25H26N2O2S/c1-16-7-9-17(10-8-16)15-27-23(18-11-13-19(29-2)14-12-18)26-24(28)22-20-5-3-4-6-21(20)30-25(22)27/h7-14,23H,3-6,15H2,1-2H3,(H,26,28). The van der Waals surface area contributed by atoms with Gasteiger partial charge in [-0.3, -0.25) is 4.79 Å². The van der Waals surface area contributed by atoms with Crippen molar-refractivity contribution in [2.45, 2.75) is 45.3 Å². The van der Waals surface area contributed by atoms with Gasteiger partial charge in [0.15, 0.2) is 0 Å². The zero-order valence-corrected chi connectivity index (χ0v) is 18.2. The molecule has 3 aromatic rings. The molecule has 1 aliphatic heterocycles. The lowest BCUT2D eigenvalue weighted by molar-refractivity contribution is 0.0925. The van der Waals surface area contributed by atoms with Crippen molar-refractivity contribution < 1.29 is 9.53 Å². The Morgan fingerprint density at radius 1 is 1.07 bits per heavy atom. The molecule has 0 bridgehead atoms. The van der Waals surface area contributed by atoms with Gasteiger partial charge in [0.1, 0.15) is 16.9 Å². The third-order valence-electron chi connectivity index (χ3n) is 6.13. The van der Waals surface area contributed by atoms with E-state index < -0.39 is 0 Å². The van der Waals surface area contributed by atoms with Crippen molar-refractivity contribution in [3.05, 3.63) is 81.2 Å². The number of nitrogens with one attached hydrogen (secondary N) is 1. The van der Waals surface area contributed by atoms with Gasteiger partial charge in [0.05, 0.1) is 12.7 Å². The summed E-state index contributed by atoms with van der Waals surface area (Å²) in [7, 11) is 1.67. The average molecular weight is 419 g/mol. The summed E-state index contributed by atoms with van der Waals surface area (Å²) in [5.41, 5.74) is 5.75. The van der Waals surface area contributed by atoms with Gasteiger partial charge >= 0.3 is 0 Å². The molecule has 0 radical (unpaired) electrons. The fourth-order valence-corrected chi connectivity index (χ4v) is 5.89. The zero-order valence-electron chi connectivity index (χ0n) is 17.4. The number of amides is 1. The molecule has 2 aromatic carbocycles. The quantitative estimate of drug-likeness (QED) is 0.617. The molecular weight excluding hydrogens is 392 g/mol. The molecule has 0 fully saturated rings. The van der Waals surface area contributed by atoms with Crippen molar-refractivity contribution in [1.29, 1.82) is 0 Å². The van der Waals surface area contributed by atoms with Gasteiger partial charge in [-0.2, -0.15) is 0 Å². The maximum absolute atomic E-state index is 13.2. The number of nitrogens with zero attached hydrogens (tertiary/aromatic N) is 1. The first-order valence-corrected chi connectivity index (χ1v) is 11.4. The van der Waals surface area contributed by atoms with Crippen LogP contribution in [0.15, 0.2) is 48.5 Å². The normalized spacial score (nSPS) is 17.9. The largest absolute Gasteiger partial charge is 0.497 e. The summed E-state index contributed by atoms with van der Waals surface area (Å²) in [5.74, 6) is 0.878. The van der Waals surface area contributed by atoms with Gasteiger partial charge in [-0.25, -0.2) is 0 Å². The van der Waals surface area contributed by atoms with E-state index in [9.17, 15) is 4.79 Å². The van der Waals surface area contributed by atoms with E-state index in [2.05, 4.69) is 41.4 Å². The lowest BCUT2D eigenvalue weighted by Crippen LogP contribution is -2.45. The third-order valence-corrected chi connectivity index (χ3v) is 7.45. The lowest BCUT2D eigenvalue weighted by Gasteiger charge is -2.38. The molecular formula is C25H26N2O2S. The predicted octanol–water partition coefficient (Wildman–Crippen LogP) is 5.39. The molecule has 5 heteroatoms. The summed E-state index contributed by atoms with van der Waals surface area (Å²) in [6.45, 7) is 2.86. The second-order valence-corrected chi connectivity index (χ2v) is 9.24. The molecule has 2 aliphatic rings. The Morgan fingerprint density at radius 3 is 2.53 bits per heavy atom. The van der Waals surface area contributed by atoms with Crippen molar-refractivity contribution in [2.75, 3.05) is 12.0 Å². The minimum Gasteiger partial charge on any atom is -0.497 e. The van der Waals surface area contributed by atoms with Gasteiger partial charge < -0.3 is 15.0 Å². The second-order valence-electron chi connectivity index (χ2n) is 8.15. The SMILES string of the molecule is COc1ccc(C2NC(=O)c3c(sc4c3CCCC4)N2Cc2ccc(C)cc2)cc1. The van der Waals surface area contributed by atoms with Crippen LogP contribution in [0.2, 0.25) is 0 Å². The van der Waals surface area contributed by atoms with E-state index in [1.165, 1.54) is 34.4 Å². The van der Waals surface area contributed by atoms with Crippen LogP contribution in [0.5, 0.6) is 5.75 Å². The van der Waals surface area contributed by atoms with E-state index in [0.29, 0.717) is 0 Å². The maximum atomic E-state index is 13.2. The highest BCUT2D eigenvalue weighted by Crippen LogP contribution is 2.45. The Balaban J connectivity index is 1.59. The number of aryl methyl sites for hydroxylation is 2. The molecule has 0 saturated carbocycles. The van der Waals surface area contributed by atoms with Gasteiger partial charge in [-0.05, 0) is 61.4 Å². The van der Waals surface area contributed by atoms with Gasteiger partial charge in [0.2, 0.25) is 0 Å². The van der Waals surface area contributed by atoms with E-state index in [-0.39, 0.29) is 12.1 Å². The van der Waals surface area contributed by atoms with E-state index in [0.717, 1.165) is 41.3 Å². The number of rotatable bonds is 4. The third kappa shape index (κ3) is 3.37. The maximum Gasteiger partial charge on any atom is 0.256 e. The molecule has 154 valence electrons. The highest BCUT2D eigenvalue weighted by molar-refractivity contribution is 7.16. The molecule has 0 spiro atoms. The van der Waals surface area contributed by atoms with Gasteiger partial charge in [-0.15, -0.1) is 11.3 Å². The molecule has 1 aromatic heterocycles. The van der Waals surface area contributed by atoms with Crippen LogP contribution in [0.4, 0.5) is 5.00 Å². The number of ether oxygens (including phenoxy) is 1. The van der Waals surface area contributed by atoms with Crippen molar-refractivity contribution in [3.8, 4) is 5.75 Å². The summed E-state index contributed by atoms with van der Waals surface area (Å²) >= 11 is 1.82. The number of fused-ring (bicyclic) bond motifs is 3. The molecule has 4 nitrogen and oxygen atoms in total. The molecule has 30 heavy (non-hydrogen) atoms. The number of thiophene rings is 1. The second kappa shape index (κ2) is 7.80. The monoisotopic (exact) mass is 418 g/mol.